The lowest BCUT2D eigenvalue weighted by Crippen LogP contribution is -2.30. The number of carbonyl (C=O) groups is 1. The van der Waals surface area contributed by atoms with Crippen LogP contribution in [0.2, 0.25) is 0 Å². The number of benzene rings is 3. The molecule has 1 N–H and O–H groups in total. The van der Waals surface area contributed by atoms with Gasteiger partial charge in [0.1, 0.15) is 5.75 Å². The Morgan fingerprint density at radius 2 is 1.66 bits per heavy atom. The maximum absolute atomic E-state index is 12.4. The van der Waals surface area contributed by atoms with E-state index < -0.39 is 0 Å². The highest BCUT2D eigenvalue weighted by Gasteiger charge is 2.14. The summed E-state index contributed by atoms with van der Waals surface area (Å²) >= 11 is 0. The molecule has 32 heavy (non-hydrogen) atoms. The molecule has 0 aliphatic heterocycles. The van der Waals surface area contributed by atoms with Crippen molar-refractivity contribution in [3.63, 3.8) is 0 Å². The number of aryl methyl sites for hydroxylation is 1. The molecule has 0 radical (unpaired) electrons. The second kappa shape index (κ2) is 10.4. The lowest BCUT2D eigenvalue weighted by atomic mass is 9.88. The summed E-state index contributed by atoms with van der Waals surface area (Å²) in [4.78, 5) is 16.6. The minimum absolute atomic E-state index is 0.0595. The summed E-state index contributed by atoms with van der Waals surface area (Å²) < 4.78 is 10.7. The van der Waals surface area contributed by atoms with E-state index in [9.17, 15) is 4.79 Å². The first-order valence-electron chi connectivity index (χ1n) is 10.6. The van der Waals surface area contributed by atoms with Gasteiger partial charge in [0.05, 0.1) is 0 Å². The number of carbonyl (C=O) groups excluding carboxylic acids is 1. The van der Waals surface area contributed by atoms with Gasteiger partial charge in [-0.1, -0.05) is 78.0 Å². The van der Waals surface area contributed by atoms with Gasteiger partial charge in [-0.05, 0) is 29.7 Å². The van der Waals surface area contributed by atoms with E-state index in [1.54, 1.807) is 19.1 Å². The molecular formula is C26H25N3O3. The van der Waals surface area contributed by atoms with Crippen LogP contribution in [0.5, 0.6) is 5.75 Å². The molecule has 1 amide bonds. The summed E-state index contributed by atoms with van der Waals surface area (Å²) in [5.74, 6) is 1.62. The topological polar surface area (TPSA) is 77.2 Å². The van der Waals surface area contributed by atoms with Crippen LogP contribution in [-0.2, 0) is 4.79 Å². The summed E-state index contributed by atoms with van der Waals surface area (Å²) in [7, 11) is 0. The number of rotatable bonds is 9. The number of ether oxygens (including phenoxy) is 1. The molecule has 4 aromatic rings. The average molecular weight is 428 g/mol. The molecule has 0 aliphatic rings. The minimum Gasteiger partial charge on any atom is -0.484 e. The number of nitrogens with zero attached hydrogens (tertiary/aromatic N) is 2. The first-order valence-corrected chi connectivity index (χ1v) is 10.6. The summed E-state index contributed by atoms with van der Waals surface area (Å²) in [5, 5.41) is 6.88. The van der Waals surface area contributed by atoms with Crippen LogP contribution < -0.4 is 10.1 Å². The van der Waals surface area contributed by atoms with Gasteiger partial charge < -0.3 is 14.6 Å². The molecule has 0 spiro atoms. The van der Waals surface area contributed by atoms with E-state index in [-0.39, 0.29) is 18.4 Å². The fourth-order valence-corrected chi connectivity index (χ4v) is 3.59. The van der Waals surface area contributed by atoms with Crippen molar-refractivity contribution in [3.8, 4) is 17.1 Å². The zero-order chi connectivity index (χ0) is 22.2. The van der Waals surface area contributed by atoms with Gasteiger partial charge >= 0.3 is 0 Å². The third-order valence-electron chi connectivity index (χ3n) is 5.15. The third-order valence-corrected chi connectivity index (χ3v) is 5.15. The maximum atomic E-state index is 12.4. The molecule has 1 heterocycles. The summed E-state index contributed by atoms with van der Waals surface area (Å²) in [6, 6.07) is 28.0. The number of aromatic nitrogens is 2. The van der Waals surface area contributed by atoms with E-state index in [1.807, 2.05) is 48.5 Å². The molecule has 6 heteroatoms. The second-order valence-corrected chi connectivity index (χ2v) is 7.47. The molecule has 1 aromatic heterocycles. The summed E-state index contributed by atoms with van der Waals surface area (Å²) in [6.07, 6.45) is 0.798. The van der Waals surface area contributed by atoms with Crippen molar-refractivity contribution in [1.29, 1.82) is 0 Å². The van der Waals surface area contributed by atoms with Crippen LogP contribution >= 0.6 is 0 Å². The molecule has 0 unspecified atom stereocenters. The molecule has 4 rings (SSSR count). The largest absolute Gasteiger partial charge is 0.484 e. The Bertz CT molecular complexity index is 1100. The zero-order valence-electron chi connectivity index (χ0n) is 17.9. The smallest absolute Gasteiger partial charge is 0.257 e. The fraction of sp³-hybridized carbons (Fsp3) is 0.192. The van der Waals surface area contributed by atoms with Gasteiger partial charge in [0.15, 0.2) is 6.61 Å². The number of amides is 1. The van der Waals surface area contributed by atoms with E-state index in [4.69, 9.17) is 9.26 Å². The summed E-state index contributed by atoms with van der Waals surface area (Å²) in [6.45, 7) is 2.23. The monoisotopic (exact) mass is 427 g/mol. The van der Waals surface area contributed by atoms with Crippen molar-refractivity contribution in [2.75, 3.05) is 13.2 Å². The highest BCUT2D eigenvalue weighted by Crippen LogP contribution is 2.27. The Morgan fingerprint density at radius 3 is 2.28 bits per heavy atom. The van der Waals surface area contributed by atoms with Gasteiger partial charge in [-0.2, -0.15) is 4.98 Å². The SMILES string of the molecule is Cc1nc(-c2cccc(OCC(=O)NCCC(c3ccccc3)c3ccccc3)c2)no1. The maximum Gasteiger partial charge on any atom is 0.257 e. The van der Waals surface area contributed by atoms with Gasteiger partial charge in [0.25, 0.3) is 5.91 Å². The molecular weight excluding hydrogens is 402 g/mol. The van der Waals surface area contributed by atoms with Crippen LogP contribution in [0.1, 0.15) is 29.4 Å². The Hall–Kier alpha value is -3.93. The van der Waals surface area contributed by atoms with Gasteiger partial charge in [-0.25, -0.2) is 0 Å². The molecule has 0 aliphatic carbocycles. The molecule has 0 saturated carbocycles. The minimum atomic E-state index is -0.161. The predicted octanol–water partition coefficient (Wildman–Crippen LogP) is 4.76. The van der Waals surface area contributed by atoms with Crippen LogP contribution in [0.15, 0.2) is 89.5 Å². The second-order valence-electron chi connectivity index (χ2n) is 7.47. The summed E-state index contributed by atoms with van der Waals surface area (Å²) in [5.41, 5.74) is 3.24. The van der Waals surface area contributed by atoms with Crippen molar-refractivity contribution >= 4 is 5.91 Å². The normalized spacial score (nSPS) is 10.8. The van der Waals surface area contributed by atoms with Crippen molar-refractivity contribution in [1.82, 2.24) is 15.5 Å². The fourth-order valence-electron chi connectivity index (χ4n) is 3.59. The lowest BCUT2D eigenvalue weighted by Gasteiger charge is -2.18. The number of nitrogens with one attached hydrogen (secondary N) is 1. The van der Waals surface area contributed by atoms with E-state index >= 15 is 0 Å². The Morgan fingerprint density at radius 1 is 0.969 bits per heavy atom. The molecule has 0 fully saturated rings. The lowest BCUT2D eigenvalue weighted by molar-refractivity contribution is -0.123. The van der Waals surface area contributed by atoms with Crippen molar-refractivity contribution in [2.45, 2.75) is 19.3 Å². The average Bonchev–Trinajstić information content (AvgIpc) is 3.28. The van der Waals surface area contributed by atoms with E-state index in [1.165, 1.54) is 11.1 Å². The zero-order valence-corrected chi connectivity index (χ0v) is 17.9. The predicted molar refractivity (Wildman–Crippen MR) is 122 cm³/mol. The van der Waals surface area contributed by atoms with Gasteiger partial charge in [0, 0.05) is 24.9 Å². The molecule has 162 valence electrons. The quantitative estimate of drug-likeness (QED) is 0.417. The first kappa shape index (κ1) is 21.3. The van der Waals surface area contributed by atoms with Crippen LogP contribution in [0.25, 0.3) is 11.4 Å². The Kier molecular flexibility index (Phi) is 6.92. The Labute approximate surface area is 187 Å². The van der Waals surface area contributed by atoms with E-state index in [0.717, 1.165) is 12.0 Å². The van der Waals surface area contributed by atoms with Crippen LogP contribution in [0.4, 0.5) is 0 Å². The van der Waals surface area contributed by atoms with Gasteiger partial charge in [-0.3, -0.25) is 4.79 Å². The van der Waals surface area contributed by atoms with Crippen molar-refractivity contribution in [3.05, 3.63) is 102 Å². The van der Waals surface area contributed by atoms with E-state index in [2.05, 4.69) is 39.7 Å². The third kappa shape index (κ3) is 5.60. The van der Waals surface area contributed by atoms with Gasteiger partial charge in [-0.15, -0.1) is 0 Å². The van der Waals surface area contributed by atoms with Gasteiger partial charge in [0.2, 0.25) is 11.7 Å². The highest BCUT2D eigenvalue weighted by atomic mass is 16.5. The van der Waals surface area contributed by atoms with E-state index in [0.29, 0.717) is 24.0 Å². The van der Waals surface area contributed by atoms with Crippen LogP contribution in [-0.4, -0.2) is 29.2 Å². The molecule has 6 nitrogen and oxygen atoms in total. The Balaban J connectivity index is 1.31. The van der Waals surface area contributed by atoms with Crippen LogP contribution in [0, 0.1) is 6.92 Å². The van der Waals surface area contributed by atoms with Crippen molar-refractivity contribution < 1.29 is 14.1 Å². The molecule has 0 atom stereocenters. The number of hydrogen-bond donors (Lipinski definition) is 1. The number of hydrogen-bond acceptors (Lipinski definition) is 5. The molecule has 3 aromatic carbocycles. The highest BCUT2D eigenvalue weighted by molar-refractivity contribution is 5.77. The standard InChI is InChI=1S/C26H25N3O3/c1-19-28-26(29-32-19)22-13-8-14-23(17-22)31-18-25(30)27-16-15-24(20-9-4-2-5-10-20)21-11-6-3-7-12-21/h2-14,17,24H,15-16,18H2,1H3,(H,27,30). The van der Waals surface area contributed by atoms with Crippen molar-refractivity contribution in [2.24, 2.45) is 0 Å². The first-order chi connectivity index (χ1) is 15.7. The molecule has 0 saturated heterocycles. The molecule has 0 bridgehead atoms. The van der Waals surface area contributed by atoms with Crippen LogP contribution in [0.3, 0.4) is 0 Å².